The molecule has 2 aromatic rings. The van der Waals surface area contributed by atoms with E-state index in [1.165, 1.54) is 0 Å². The highest BCUT2D eigenvalue weighted by Gasteiger charge is 2.00. The number of nitrogens with one attached hydrogen (secondary N) is 1. The molecule has 1 aromatic heterocycles. The number of benzene rings is 1. The molecule has 3 nitrogen and oxygen atoms in total. The number of hydrogen-bond donors (Lipinski definition) is 2. The summed E-state index contributed by atoms with van der Waals surface area (Å²) in [6.45, 7) is 0. The largest absolute Gasteiger partial charge is 0.394 e. The molecular formula is C11H9BrN2O. The molecule has 76 valence electrons. The molecule has 0 saturated heterocycles. The van der Waals surface area contributed by atoms with E-state index in [4.69, 9.17) is 5.73 Å². The molecule has 0 saturated carbocycles. The van der Waals surface area contributed by atoms with Gasteiger partial charge in [0.1, 0.15) is 0 Å². The summed E-state index contributed by atoms with van der Waals surface area (Å²) in [5, 5.41) is 0. The third-order valence-electron chi connectivity index (χ3n) is 2.08. The molecule has 0 spiro atoms. The molecule has 15 heavy (non-hydrogen) atoms. The molecule has 0 aliphatic heterocycles. The summed E-state index contributed by atoms with van der Waals surface area (Å²) >= 11 is 3.38. The average Bonchev–Trinajstić information content (AvgIpc) is 2.22. The van der Waals surface area contributed by atoms with Gasteiger partial charge in [0, 0.05) is 10.2 Å². The summed E-state index contributed by atoms with van der Waals surface area (Å²) in [6, 6.07) is 11.1. The maximum atomic E-state index is 11.3. The quantitative estimate of drug-likeness (QED) is 0.831. The molecule has 0 unspecified atom stereocenters. The Morgan fingerprint density at radius 2 is 2.00 bits per heavy atom. The van der Waals surface area contributed by atoms with Gasteiger partial charge in [-0.3, -0.25) is 4.79 Å². The normalized spacial score (nSPS) is 10.2. The topological polar surface area (TPSA) is 58.9 Å². The van der Waals surface area contributed by atoms with Gasteiger partial charge < -0.3 is 10.7 Å². The molecule has 2 rings (SSSR count). The van der Waals surface area contributed by atoms with Crippen LogP contribution in [0.3, 0.4) is 0 Å². The van der Waals surface area contributed by atoms with E-state index >= 15 is 0 Å². The lowest BCUT2D eigenvalue weighted by atomic mass is 10.1. The third-order valence-corrected chi connectivity index (χ3v) is 2.57. The fraction of sp³-hybridized carbons (Fsp3) is 0. The molecular weight excluding hydrogens is 256 g/mol. The van der Waals surface area contributed by atoms with E-state index in [0.29, 0.717) is 0 Å². The molecule has 4 heteroatoms. The Bertz CT molecular complexity index is 548. The summed E-state index contributed by atoms with van der Waals surface area (Å²) in [5.41, 5.74) is 7.12. The molecule has 0 atom stereocenters. The lowest BCUT2D eigenvalue weighted by Crippen LogP contribution is -2.11. The molecule has 3 N–H and O–H groups in total. The first-order valence-electron chi connectivity index (χ1n) is 4.41. The van der Waals surface area contributed by atoms with Gasteiger partial charge >= 0.3 is 0 Å². The Morgan fingerprint density at radius 3 is 2.67 bits per heavy atom. The fourth-order valence-electron chi connectivity index (χ4n) is 1.31. The maximum Gasteiger partial charge on any atom is 0.271 e. The van der Waals surface area contributed by atoms with Gasteiger partial charge in [-0.05, 0) is 29.8 Å². The van der Waals surface area contributed by atoms with Crippen LogP contribution < -0.4 is 11.3 Å². The molecule has 0 bridgehead atoms. The standard InChI is InChI=1S/C11H9BrN2O/c12-8-3-1-2-7(6-8)10-5-4-9(13)11(15)14-10/h1-6H,13H2,(H,14,15). The number of H-pyrrole nitrogens is 1. The number of anilines is 1. The number of nitrogens with two attached hydrogens (primary N) is 1. The van der Waals surface area contributed by atoms with Crippen LogP contribution in [0.15, 0.2) is 45.7 Å². The zero-order chi connectivity index (χ0) is 10.8. The predicted molar refractivity (Wildman–Crippen MR) is 64.6 cm³/mol. The summed E-state index contributed by atoms with van der Waals surface area (Å²) < 4.78 is 0.970. The monoisotopic (exact) mass is 264 g/mol. The number of pyridine rings is 1. The minimum absolute atomic E-state index is 0.230. The van der Waals surface area contributed by atoms with Gasteiger partial charge in [0.05, 0.1) is 5.69 Å². The van der Waals surface area contributed by atoms with Crippen LogP contribution in [-0.4, -0.2) is 4.98 Å². The number of rotatable bonds is 1. The second-order valence-corrected chi connectivity index (χ2v) is 4.08. The maximum absolute atomic E-state index is 11.3. The Hall–Kier alpha value is -1.55. The van der Waals surface area contributed by atoms with Crippen LogP contribution in [0.25, 0.3) is 11.3 Å². The van der Waals surface area contributed by atoms with Gasteiger partial charge in [-0.2, -0.15) is 0 Å². The molecule has 1 heterocycles. The van der Waals surface area contributed by atoms with Crippen LogP contribution in [-0.2, 0) is 0 Å². The summed E-state index contributed by atoms with van der Waals surface area (Å²) in [7, 11) is 0. The number of nitrogen functional groups attached to an aromatic ring is 1. The van der Waals surface area contributed by atoms with Crippen LogP contribution in [0.4, 0.5) is 5.69 Å². The van der Waals surface area contributed by atoms with E-state index in [0.717, 1.165) is 15.7 Å². The Balaban J connectivity index is 2.55. The van der Waals surface area contributed by atoms with Gasteiger partial charge in [-0.1, -0.05) is 28.1 Å². The van der Waals surface area contributed by atoms with Crippen molar-refractivity contribution < 1.29 is 0 Å². The number of hydrogen-bond acceptors (Lipinski definition) is 2. The SMILES string of the molecule is Nc1ccc(-c2cccc(Br)c2)[nH]c1=O. The zero-order valence-corrected chi connectivity index (χ0v) is 9.41. The van der Waals surface area contributed by atoms with Crippen molar-refractivity contribution >= 4 is 21.6 Å². The summed E-state index contributed by atoms with van der Waals surface area (Å²) in [4.78, 5) is 14.0. The average molecular weight is 265 g/mol. The van der Waals surface area contributed by atoms with Gasteiger partial charge in [0.25, 0.3) is 5.56 Å². The first-order valence-corrected chi connectivity index (χ1v) is 5.21. The van der Waals surface area contributed by atoms with Gasteiger partial charge in [-0.25, -0.2) is 0 Å². The van der Waals surface area contributed by atoms with E-state index in [-0.39, 0.29) is 11.2 Å². The summed E-state index contributed by atoms with van der Waals surface area (Å²) in [5.74, 6) is 0. The second kappa shape index (κ2) is 3.90. The van der Waals surface area contributed by atoms with Crippen LogP contribution in [0, 0.1) is 0 Å². The van der Waals surface area contributed by atoms with E-state index < -0.39 is 0 Å². The highest BCUT2D eigenvalue weighted by atomic mass is 79.9. The predicted octanol–water partition coefficient (Wildman–Crippen LogP) is 2.39. The number of aromatic amines is 1. The lowest BCUT2D eigenvalue weighted by Gasteiger charge is -2.02. The van der Waals surface area contributed by atoms with Crippen molar-refractivity contribution in [3.8, 4) is 11.3 Å². The Labute approximate surface area is 95.1 Å². The van der Waals surface area contributed by atoms with E-state index in [2.05, 4.69) is 20.9 Å². The van der Waals surface area contributed by atoms with Crippen LogP contribution in [0.2, 0.25) is 0 Å². The first-order chi connectivity index (χ1) is 7.16. The number of halogens is 1. The van der Waals surface area contributed by atoms with Crippen molar-refractivity contribution in [1.82, 2.24) is 4.98 Å². The molecule has 0 amide bonds. The molecule has 0 aliphatic carbocycles. The van der Waals surface area contributed by atoms with Crippen molar-refractivity contribution in [2.45, 2.75) is 0 Å². The minimum atomic E-state index is -0.257. The number of aromatic nitrogens is 1. The highest BCUT2D eigenvalue weighted by Crippen LogP contribution is 2.20. The minimum Gasteiger partial charge on any atom is -0.394 e. The van der Waals surface area contributed by atoms with Crippen molar-refractivity contribution in [3.05, 3.63) is 51.2 Å². The van der Waals surface area contributed by atoms with Crippen molar-refractivity contribution in [3.63, 3.8) is 0 Å². The van der Waals surface area contributed by atoms with Crippen molar-refractivity contribution in [2.75, 3.05) is 5.73 Å². The molecule has 1 aromatic carbocycles. The molecule has 0 fully saturated rings. The fourth-order valence-corrected chi connectivity index (χ4v) is 1.71. The van der Waals surface area contributed by atoms with E-state index in [1.807, 2.05) is 24.3 Å². The highest BCUT2D eigenvalue weighted by molar-refractivity contribution is 9.10. The Morgan fingerprint density at radius 1 is 1.20 bits per heavy atom. The van der Waals surface area contributed by atoms with Gasteiger partial charge in [0.15, 0.2) is 0 Å². The van der Waals surface area contributed by atoms with E-state index in [1.54, 1.807) is 12.1 Å². The second-order valence-electron chi connectivity index (χ2n) is 3.17. The van der Waals surface area contributed by atoms with E-state index in [9.17, 15) is 4.79 Å². The Kier molecular flexibility index (Phi) is 2.60. The molecule has 0 radical (unpaired) electrons. The van der Waals surface area contributed by atoms with Gasteiger partial charge in [0.2, 0.25) is 0 Å². The van der Waals surface area contributed by atoms with Crippen LogP contribution in [0.1, 0.15) is 0 Å². The van der Waals surface area contributed by atoms with Gasteiger partial charge in [-0.15, -0.1) is 0 Å². The van der Waals surface area contributed by atoms with Crippen molar-refractivity contribution in [2.24, 2.45) is 0 Å². The van der Waals surface area contributed by atoms with Crippen molar-refractivity contribution in [1.29, 1.82) is 0 Å². The summed E-state index contributed by atoms with van der Waals surface area (Å²) in [6.07, 6.45) is 0. The lowest BCUT2D eigenvalue weighted by molar-refractivity contribution is 1.25. The zero-order valence-electron chi connectivity index (χ0n) is 7.83. The van der Waals surface area contributed by atoms with Crippen LogP contribution >= 0.6 is 15.9 Å². The first kappa shape index (κ1) is 9.98. The smallest absolute Gasteiger partial charge is 0.271 e. The molecule has 0 aliphatic rings. The third kappa shape index (κ3) is 2.10. The van der Waals surface area contributed by atoms with Crippen LogP contribution in [0.5, 0.6) is 0 Å².